The molecular weight excluding hydrogens is 252 g/mol. The van der Waals surface area contributed by atoms with Crippen LogP contribution >= 0.6 is 0 Å². The number of ether oxygens (including phenoxy) is 1. The summed E-state index contributed by atoms with van der Waals surface area (Å²) in [4.78, 5) is 14.2. The molecule has 0 bridgehead atoms. The topological polar surface area (TPSA) is 55.6 Å². The van der Waals surface area contributed by atoms with E-state index in [1.165, 1.54) is 0 Å². The van der Waals surface area contributed by atoms with Gasteiger partial charge in [-0.15, -0.1) is 0 Å². The molecule has 1 fully saturated rings. The van der Waals surface area contributed by atoms with Crippen molar-refractivity contribution in [3.8, 4) is 0 Å². The van der Waals surface area contributed by atoms with Crippen molar-refractivity contribution in [2.24, 2.45) is 5.73 Å². The van der Waals surface area contributed by atoms with Gasteiger partial charge >= 0.3 is 0 Å². The summed E-state index contributed by atoms with van der Waals surface area (Å²) in [5, 5.41) is 0. The Morgan fingerprint density at radius 1 is 1.40 bits per heavy atom. The fourth-order valence-corrected chi connectivity index (χ4v) is 2.61. The van der Waals surface area contributed by atoms with Gasteiger partial charge in [-0.3, -0.25) is 4.79 Å². The van der Waals surface area contributed by atoms with Gasteiger partial charge in [0.05, 0.1) is 6.10 Å². The molecule has 110 valence electrons. The SMILES string of the molecule is CCN(C(=O)CCC1CCCO1)c1ccc(CN)cc1. The summed E-state index contributed by atoms with van der Waals surface area (Å²) in [6, 6.07) is 7.89. The zero-order valence-corrected chi connectivity index (χ0v) is 12.2. The zero-order valence-electron chi connectivity index (χ0n) is 12.2. The molecule has 1 unspecified atom stereocenters. The maximum atomic E-state index is 12.3. The summed E-state index contributed by atoms with van der Waals surface area (Å²) < 4.78 is 5.57. The van der Waals surface area contributed by atoms with E-state index in [0.29, 0.717) is 19.5 Å². The second-order valence-corrected chi connectivity index (χ2v) is 5.18. The average molecular weight is 276 g/mol. The van der Waals surface area contributed by atoms with Gasteiger partial charge in [-0.1, -0.05) is 12.1 Å². The fourth-order valence-electron chi connectivity index (χ4n) is 2.61. The first kappa shape index (κ1) is 15.0. The Labute approximate surface area is 120 Å². The maximum absolute atomic E-state index is 12.3. The Morgan fingerprint density at radius 2 is 2.15 bits per heavy atom. The van der Waals surface area contributed by atoms with Crippen molar-refractivity contribution in [2.45, 2.75) is 45.3 Å². The van der Waals surface area contributed by atoms with Crippen LogP contribution in [0.1, 0.15) is 38.2 Å². The molecule has 1 aromatic rings. The second-order valence-electron chi connectivity index (χ2n) is 5.18. The van der Waals surface area contributed by atoms with Crippen LogP contribution in [0.3, 0.4) is 0 Å². The van der Waals surface area contributed by atoms with Gasteiger partial charge in [-0.25, -0.2) is 0 Å². The number of nitrogens with zero attached hydrogens (tertiary/aromatic N) is 1. The number of benzene rings is 1. The zero-order chi connectivity index (χ0) is 14.4. The van der Waals surface area contributed by atoms with Crippen LogP contribution in [0.25, 0.3) is 0 Å². The van der Waals surface area contributed by atoms with Crippen molar-refractivity contribution in [1.29, 1.82) is 0 Å². The normalized spacial score (nSPS) is 18.2. The summed E-state index contributed by atoms with van der Waals surface area (Å²) in [6.07, 6.45) is 3.87. The van der Waals surface area contributed by atoms with E-state index in [4.69, 9.17) is 10.5 Å². The standard InChI is InChI=1S/C16H24N2O2/c1-2-18(14-7-5-13(12-17)6-8-14)16(19)10-9-15-4-3-11-20-15/h5-8,15H,2-4,9-12,17H2,1H3. The molecule has 4 heteroatoms. The molecule has 0 saturated carbocycles. The molecule has 1 atom stereocenters. The second kappa shape index (κ2) is 7.41. The van der Waals surface area contributed by atoms with Crippen LogP contribution in [0.4, 0.5) is 5.69 Å². The van der Waals surface area contributed by atoms with E-state index >= 15 is 0 Å². The number of hydrogen-bond acceptors (Lipinski definition) is 3. The first-order valence-electron chi connectivity index (χ1n) is 7.45. The number of anilines is 1. The molecule has 1 aromatic carbocycles. The van der Waals surface area contributed by atoms with Crippen molar-refractivity contribution in [3.05, 3.63) is 29.8 Å². The van der Waals surface area contributed by atoms with E-state index in [1.54, 1.807) is 0 Å². The molecule has 0 spiro atoms. The molecule has 2 N–H and O–H groups in total. The van der Waals surface area contributed by atoms with Crippen LogP contribution in [-0.2, 0) is 16.1 Å². The van der Waals surface area contributed by atoms with Crippen LogP contribution < -0.4 is 10.6 Å². The lowest BCUT2D eigenvalue weighted by Crippen LogP contribution is -2.31. The van der Waals surface area contributed by atoms with E-state index in [9.17, 15) is 4.79 Å². The van der Waals surface area contributed by atoms with Gasteiger partial charge in [0.15, 0.2) is 0 Å². The number of amides is 1. The highest BCUT2D eigenvalue weighted by atomic mass is 16.5. The summed E-state index contributed by atoms with van der Waals surface area (Å²) >= 11 is 0. The van der Waals surface area contributed by atoms with Crippen molar-refractivity contribution in [2.75, 3.05) is 18.1 Å². The molecule has 0 radical (unpaired) electrons. The summed E-state index contributed by atoms with van der Waals surface area (Å²) in [5.74, 6) is 0.170. The molecule has 1 heterocycles. The predicted octanol–water partition coefficient (Wildman–Crippen LogP) is 2.46. The monoisotopic (exact) mass is 276 g/mol. The van der Waals surface area contributed by atoms with Gasteiger partial charge in [0.1, 0.15) is 0 Å². The molecular formula is C16H24N2O2. The van der Waals surface area contributed by atoms with E-state index in [-0.39, 0.29) is 12.0 Å². The van der Waals surface area contributed by atoms with E-state index in [1.807, 2.05) is 36.1 Å². The van der Waals surface area contributed by atoms with Crippen molar-refractivity contribution in [1.82, 2.24) is 0 Å². The maximum Gasteiger partial charge on any atom is 0.227 e. The molecule has 20 heavy (non-hydrogen) atoms. The molecule has 4 nitrogen and oxygen atoms in total. The Bertz CT molecular complexity index is 425. The van der Waals surface area contributed by atoms with Crippen LogP contribution in [0.5, 0.6) is 0 Å². The first-order chi connectivity index (χ1) is 9.74. The Morgan fingerprint density at radius 3 is 2.70 bits per heavy atom. The summed E-state index contributed by atoms with van der Waals surface area (Å²) in [5.41, 5.74) is 7.62. The number of carbonyl (C=O) groups excluding carboxylic acids is 1. The van der Waals surface area contributed by atoms with Crippen molar-refractivity contribution < 1.29 is 9.53 Å². The minimum atomic E-state index is 0.170. The fraction of sp³-hybridized carbons (Fsp3) is 0.562. The molecule has 1 amide bonds. The molecule has 2 rings (SSSR count). The van der Waals surface area contributed by atoms with Gasteiger partial charge < -0.3 is 15.4 Å². The lowest BCUT2D eigenvalue weighted by Gasteiger charge is -2.22. The third kappa shape index (κ3) is 3.81. The average Bonchev–Trinajstić information content (AvgIpc) is 3.00. The highest BCUT2D eigenvalue weighted by Gasteiger charge is 2.19. The van der Waals surface area contributed by atoms with Crippen molar-refractivity contribution >= 4 is 11.6 Å². The molecule has 1 aliphatic rings. The third-order valence-corrected chi connectivity index (χ3v) is 3.81. The van der Waals surface area contributed by atoms with Gasteiger partial charge in [0, 0.05) is 31.8 Å². The third-order valence-electron chi connectivity index (χ3n) is 3.81. The highest BCUT2D eigenvalue weighted by molar-refractivity contribution is 5.93. The molecule has 0 aromatic heterocycles. The van der Waals surface area contributed by atoms with E-state index in [2.05, 4.69) is 0 Å². The lowest BCUT2D eigenvalue weighted by molar-refractivity contribution is -0.119. The van der Waals surface area contributed by atoms with Crippen LogP contribution in [0, 0.1) is 0 Å². The smallest absolute Gasteiger partial charge is 0.227 e. The number of nitrogens with two attached hydrogens (primary N) is 1. The first-order valence-corrected chi connectivity index (χ1v) is 7.45. The predicted molar refractivity (Wildman–Crippen MR) is 80.6 cm³/mol. The minimum absolute atomic E-state index is 0.170. The van der Waals surface area contributed by atoms with Gasteiger partial charge in [-0.2, -0.15) is 0 Å². The largest absolute Gasteiger partial charge is 0.378 e. The molecule has 1 saturated heterocycles. The molecule has 1 aliphatic heterocycles. The van der Waals surface area contributed by atoms with E-state index in [0.717, 1.165) is 37.1 Å². The van der Waals surface area contributed by atoms with E-state index < -0.39 is 0 Å². The van der Waals surface area contributed by atoms with Crippen LogP contribution in [0.15, 0.2) is 24.3 Å². The Balaban J connectivity index is 1.93. The number of rotatable bonds is 6. The highest BCUT2D eigenvalue weighted by Crippen LogP contribution is 2.20. The number of hydrogen-bond donors (Lipinski definition) is 1. The Kier molecular flexibility index (Phi) is 5.56. The van der Waals surface area contributed by atoms with Gasteiger partial charge in [-0.05, 0) is 43.9 Å². The summed E-state index contributed by atoms with van der Waals surface area (Å²) in [7, 11) is 0. The number of carbonyl (C=O) groups is 1. The van der Waals surface area contributed by atoms with Gasteiger partial charge in [0.25, 0.3) is 0 Å². The minimum Gasteiger partial charge on any atom is -0.378 e. The lowest BCUT2D eigenvalue weighted by atomic mass is 10.1. The van der Waals surface area contributed by atoms with Crippen LogP contribution in [0.2, 0.25) is 0 Å². The van der Waals surface area contributed by atoms with Crippen LogP contribution in [-0.4, -0.2) is 25.2 Å². The van der Waals surface area contributed by atoms with Gasteiger partial charge in [0.2, 0.25) is 5.91 Å². The van der Waals surface area contributed by atoms with Crippen molar-refractivity contribution in [3.63, 3.8) is 0 Å². The molecule has 0 aliphatic carbocycles. The Hall–Kier alpha value is -1.39. The quantitative estimate of drug-likeness (QED) is 0.868. The summed E-state index contributed by atoms with van der Waals surface area (Å²) in [6.45, 7) is 4.06.